The molecule has 0 radical (unpaired) electrons. The third kappa shape index (κ3) is 1.89. The summed E-state index contributed by atoms with van der Waals surface area (Å²) in [5.41, 5.74) is 1.00. The van der Waals surface area contributed by atoms with Crippen LogP contribution in [0.2, 0.25) is 0 Å². The van der Waals surface area contributed by atoms with Crippen LogP contribution in [0.5, 0.6) is 0 Å². The minimum absolute atomic E-state index is 0.0367. The molecule has 0 saturated heterocycles. The molecule has 0 bridgehead atoms. The first-order chi connectivity index (χ1) is 9.69. The molecule has 2 aromatic heterocycles. The van der Waals surface area contributed by atoms with E-state index >= 15 is 0 Å². The van der Waals surface area contributed by atoms with Gasteiger partial charge < -0.3 is 9.52 Å². The minimum Gasteiger partial charge on any atom is -0.475 e. The van der Waals surface area contributed by atoms with Gasteiger partial charge in [0.2, 0.25) is 5.76 Å². The molecule has 20 heavy (non-hydrogen) atoms. The van der Waals surface area contributed by atoms with Gasteiger partial charge in [-0.05, 0) is 6.07 Å². The van der Waals surface area contributed by atoms with Crippen LogP contribution in [0.3, 0.4) is 0 Å². The van der Waals surface area contributed by atoms with Crippen LogP contribution in [0.1, 0.15) is 21.9 Å². The van der Waals surface area contributed by atoms with Crippen molar-refractivity contribution in [3.05, 3.63) is 47.7 Å². The third-order valence-electron chi connectivity index (χ3n) is 2.85. The summed E-state index contributed by atoms with van der Waals surface area (Å²) in [7, 11) is 0. The van der Waals surface area contributed by atoms with Crippen molar-refractivity contribution in [1.82, 2.24) is 14.8 Å². The summed E-state index contributed by atoms with van der Waals surface area (Å²) in [6.45, 7) is 0.174. The van der Waals surface area contributed by atoms with E-state index in [9.17, 15) is 9.90 Å². The van der Waals surface area contributed by atoms with Crippen molar-refractivity contribution in [1.29, 1.82) is 5.26 Å². The van der Waals surface area contributed by atoms with Crippen molar-refractivity contribution in [3.8, 4) is 6.07 Å². The number of benzene rings is 1. The van der Waals surface area contributed by atoms with E-state index in [1.807, 2.05) is 6.07 Å². The lowest BCUT2D eigenvalue weighted by Gasteiger charge is -1.99. The van der Waals surface area contributed by atoms with Crippen LogP contribution in [0.25, 0.3) is 11.0 Å². The number of carboxylic acids is 1. The van der Waals surface area contributed by atoms with Gasteiger partial charge in [-0.2, -0.15) is 5.26 Å². The van der Waals surface area contributed by atoms with Gasteiger partial charge in [0.1, 0.15) is 18.0 Å². The van der Waals surface area contributed by atoms with Crippen LogP contribution in [-0.4, -0.2) is 25.8 Å². The average molecular weight is 268 g/mol. The van der Waals surface area contributed by atoms with E-state index in [1.165, 1.54) is 11.0 Å². The zero-order valence-corrected chi connectivity index (χ0v) is 10.1. The molecule has 0 aliphatic rings. The number of fused-ring (bicyclic) bond motifs is 1. The molecule has 0 atom stereocenters. The number of rotatable bonds is 3. The second-order valence-corrected chi connectivity index (χ2v) is 4.09. The van der Waals surface area contributed by atoms with Crippen molar-refractivity contribution in [3.63, 3.8) is 0 Å². The van der Waals surface area contributed by atoms with Crippen LogP contribution in [0.15, 0.2) is 35.0 Å². The fourth-order valence-electron chi connectivity index (χ4n) is 2.01. The minimum atomic E-state index is -1.14. The fraction of sp³-hybridized carbons (Fsp3) is 0.0769. The van der Waals surface area contributed by atoms with Crippen LogP contribution in [-0.2, 0) is 6.54 Å². The van der Waals surface area contributed by atoms with Crippen molar-refractivity contribution in [2.24, 2.45) is 0 Å². The Morgan fingerprint density at radius 2 is 2.25 bits per heavy atom. The largest absolute Gasteiger partial charge is 0.475 e. The van der Waals surface area contributed by atoms with E-state index < -0.39 is 5.97 Å². The molecular weight excluding hydrogens is 260 g/mol. The van der Waals surface area contributed by atoms with Crippen molar-refractivity contribution in [2.75, 3.05) is 0 Å². The van der Waals surface area contributed by atoms with E-state index in [2.05, 4.69) is 10.1 Å². The Kier molecular flexibility index (Phi) is 2.69. The lowest BCUT2D eigenvalue weighted by molar-refractivity contribution is 0.0663. The summed E-state index contributed by atoms with van der Waals surface area (Å²) in [4.78, 5) is 15.0. The molecule has 0 amide bonds. The number of aromatic carboxylic acids is 1. The van der Waals surface area contributed by atoms with Crippen LogP contribution in [0, 0.1) is 11.3 Å². The zero-order valence-electron chi connectivity index (χ0n) is 10.1. The highest BCUT2D eigenvalue weighted by atomic mass is 16.4. The van der Waals surface area contributed by atoms with Gasteiger partial charge in [0.05, 0.1) is 6.54 Å². The number of carbonyl (C=O) groups is 1. The SMILES string of the molecule is N#Cc1ncn(Cc2c(C(=O)O)oc3ccccc23)n1. The molecule has 2 heterocycles. The number of para-hydroxylation sites is 1. The summed E-state index contributed by atoms with van der Waals surface area (Å²) in [5, 5.41) is 22.5. The van der Waals surface area contributed by atoms with E-state index in [0.29, 0.717) is 16.5 Å². The van der Waals surface area contributed by atoms with Crippen molar-refractivity contribution >= 4 is 16.9 Å². The van der Waals surface area contributed by atoms with Gasteiger partial charge in [0, 0.05) is 10.9 Å². The molecular formula is C13H8N4O3. The van der Waals surface area contributed by atoms with Gasteiger partial charge in [0.15, 0.2) is 0 Å². The van der Waals surface area contributed by atoms with Crippen LogP contribution < -0.4 is 0 Å². The molecule has 0 fully saturated rings. The first-order valence-corrected chi connectivity index (χ1v) is 5.72. The standard InChI is InChI=1S/C13H8N4O3/c14-5-11-15-7-17(16-11)6-9-8-3-1-2-4-10(8)20-12(9)13(18)19/h1-4,7H,6H2,(H,18,19). The number of nitrogens with zero attached hydrogens (tertiary/aromatic N) is 4. The number of carboxylic acid groups (broad SMARTS) is 1. The van der Waals surface area contributed by atoms with Gasteiger partial charge in [-0.1, -0.05) is 18.2 Å². The van der Waals surface area contributed by atoms with Gasteiger partial charge >= 0.3 is 5.97 Å². The second kappa shape index (κ2) is 4.51. The molecule has 3 aromatic rings. The smallest absolute Gasteiger partial charge is 0.372 e. The predicted molar refractivity (Wildman–Crippen MR) is 67.0 cm³/mol. The van der Waals surface area contributed by atoms with E-state index in [0.717, 1.165) is 0 Å². The Morgan fingerprint density at radius 3 is 2.95 bits per heavy atom. The van der Waals surface area contributed by atoms with Crippen LogP contribution >= 0.6 is 0 Å². The molecule has 7 nitrogen and oxygen atoms in total. The Bertz CT molecular complexity index is 841. The number of nitriles is 1. The molecule has 7 heteroatoms. The molecule has 0 aliphatic heterocycles. The molecule has 1 aromatic carbocycles. The fourth-order valence-corrected chi connectivity index (χ4v) is 2.01. The summed E-state index contributed by atoms with van der Waals surface area (Å²) >= 11 is 0. The molecule has 0 unspecified atom stereocenters. The molecule has 0 aliphatic carbocycles. The van der Waals surface area contributed by atoms with Crippen LogP contribution in [0.4, 0.5) is 0 Å². The van der Waals surface area contributed by atoms with Gasteiger partial charge in [-0.25, -0.2) is 14.5 Å². The zero-order chi connectivity index (χ0) is 14.1. The highest BCUT2D eigenvalue weighted by Gasteiger charge is 2.20. The van der Waals surface area contributed by atoms with Gasteiger partial charge in [-0.15, -0.1) is 5.10 Å². The number of hydrogen-bond donors (Lipinski definition) is 1. The maximum Gasteiger partial charge on any atom is 0.372 e. The Hall–Kier alpha value is -3.14. The Labute approximate surface area is 112 Å². The average Bonchev–Trinajstić information content (AvgIpc) is 3.04. The van der Waals surface area contributed by atoms with E-state index in [1.54, 1.807) is 24.3 Å². The quantitative estimate of drug-likeness (QED) is 0.774. The number of furan rings is 1. The van der Waals surface area contributed by atoms with E-state index in [-0.39, 0.29) is 18.1 Å². The number of aromatic nitrogens is 3. The summed E-state index contributed by atoms with van der Waals surface area (Å²) in [6.07, 6.45) is 1.38. The first kappa shape index (κ1) is 11.9. The molecule has 98 valence electrons. The molecule has 0 spiro atoms. The summed E-state index contributed by atoms with van der Waals surface area (Å²) in [6, 6.07) is 8.87. The normalized spacial score (nSPS) is 10.6. The summed E-state index contributed by atoms with van der Waals surface area (Å²) < 4.78 is 6.74. The lowest BCUT2D eigenvalue weighted by atomic mass is 10.1. The van der Waals surface area contributed by atoms with Gasteiger partial charge in [0.25, 0.3) is 5.82 Å². The predicted octanol–water partition coefficient (Wildman–Crippen LogP) is 1.64. The molecule has 1 N–H and O–H groups in total. The van der Waals surface area contributed by atoms with E-state index in [4.69, 9.17) is 9.68 Å². The Balaban J connectivity index is 2.11. The summed E-state index contributed by atoms with van der Waals surface area (Å²) in [5.74, 6) is -1.23. The lowest BCUT2D eigenvalue weighted by Crippen LogP contribution is -2.05. The topological polar surface area (TPSA) is 105 Å². The second-order valence-electron chi connectivity index (χ2n) is 4.09. The first-order valence-electron chi connectivity index (χ1n) is 5.72. The maximum absolute atomic E-state index is 11.3. The van der Waals surface area contributed by atoms with Gasteiger partial charge in [-0.3, -0.25) is 0 Å². The van der Waals surface area contributed by atoms with Crippen molar-refractivity contribution < 1.29 is 14.3 Å². The highest BCUT2D eigenvalue weighted by Crippen LogP contribution is 2.26. The van der Waals surface area contributed by atoms with Crippen molar-refractivity contribution in [2.45, 2.75) is 6.54 Å². The molecule has 3 rings (SSSR count). The number of hydrogen-bond acceptors (Lipinski definition) is 5. The maximum atomic E-state index is 11.3. The Morgan fingerprint density at radius 1 is 1.45 bits per heavy atom. The highest BCUT2D eigenvalue weighted by molar-refractivity contribution is 5.95. The monoisotopic (exact) mass is 268 g/mol. The third-order valence-corrected chi connectivity index (χ3v) is 2.85. The molecule has 0 saturated carbocycles.